The lowest BCUT2D eigenvalue weighted by molar-refractivity contribution is -0.135. The van der Waals surface area contributed by atoms with E-state index in [2.05, 4.69) is 37.9 Å². The number of rotatable bonds is 7. The third-order valence-electron chi connectivity index (χ3n) is 2.55. The summed E-state index contributed by atoms with van der Waals surface area (Å²) >= 11 is 0. The monoisotopic (exact) mass is 229 g/mol. The molecule has 0 spiro atoms. The molecule has 4 nitrogen and oxygen atoms in total. The molecule has 0 aromatic rings. The molecular weight excluding hydrogens is 202 g/mol. The Kier molecular flexibility index (Phi) is 7.34. The molecule has 0 bridgehead atoms. The van der Waals surface area contributed by atoms with E-state index in [9.17, 15) is 4.79 Å². The normalized spacial score (nSPS) is 11.6. The smallest absolute Gasteiger partial charge is 0.237 e. The van der Waals surface area contributed by atoms with Crippen molar-refractivity contribution in [2.75, 3.05) is 33.7 Å². The van der Waals surface area contributed by atoms with Gasteiger partial charge >= 0.3 is 0 Å². The summed E-state index contributed by atoms with van der Waals surface area (Å²) in [6.07, 6.45) is 0. The van der Waals surface area contributed by atoms with Gasteiger partial charge in [0.25, 0.3) is 0 Å². The van der Waals surface area contributed by atoms with Gasteiger partial charge in [-0.05, 0) is 41.8 Å². The van der Waals surface area contributed by atoms with Gasteiger partial charge in [0.15, 0.2) is 0 Å². The van der Waals surface area contributed by atoms with Crippen LogP contribution in [0.4, 0.5) is 0 Å². The number of nitrogens with zero attached hydrogens (tertiary/aromatic N) is 2. The lowest BCUT2D eigenvalue weighted by atomic mass is 10.2. The first-order valence-electron chi connectivity index (χ1n) is 6.04. The molecule has 0 saturated heterocycles. The summed E-state index contributed by atoms with van der Waals surface area (Å²) in [5.41, 5.74) is 0. The number of carbonyl (C=O) groups excluding carboxylic acids is 1. The van der Waals surface area contributed by atoms with Crippen LogP contribution < -0.4 is 5.32 Å². The van der Waals surface area contributed by atoms with Gasteiger partial charge in [-0.1, -0.05) is 0 Å². The van der Waals surface area contributed by atoms with Gasteiger partial charge in [-0.3, -0.25) is 9.69 Å². The third-order valence-corrected chi connectivity index (χ3v) is 2.55. The van der Waals surface area contributed by atoms with Gasteiger partial charge in [0, 0.05) is 25.2 Å². The van der Waals surface area contributed by atoms with E-state index in [4.69, 9.17) is 0 Å². The first kappa shape index (κ1) is 15.4. The maximum atomic E-state index is 12.1. The molecule has 1 amide bonds. The van der Waals surface area contributed by atoms with Crippen LogP contribution >= 0.6 is 0 Å². The second kappa shape index (κ2) is 7.63. The van der Waals surface area contributed by atoms with Crippen LogP contribution in [0.25, 0.3) is 0 Å². The Hall–Kier alpha value is -0.610. The van der Waals surface area contributed by atoms with Crippen LogP contribution in [0.15, 0.2) is 0 Å². The number of nitrogens with one attached hydrogen (secondary N) is 1. The fourth-order valence-electron chi connectivity index (χ4n) is 1.87. The molecule has 0 aromatic carbocycles. The SMILES string of the molecule is CNCCN(C)CC(=O)N(C(C)C)C(C)C. The lowest BCUT2D eigenvalue weighted by Crippen LogP contribution is -2.47. The molecule has 0 aliphatic carbocycles. The van der Waals surface area contributed by atoms with E-state index in [1.54, 1.807) is 0 Å². The minimum absolute atomic E-state index is 0.212. The topological polar surface area (TPSA) is 35.6 Å². The summed E-state index contributed by atoms with van der Waals surface area (Å²) in [5.74, 6) is 0.212. The van der Waals surface area contributed by atoms with Crippen molar-refractivity contribution in [1.82, 2.24) is 15.1 Å². The Morgan fingerprint density at radius 1 is 1.19 bits per heavy atom. The predicted molar refractivity (Wildman–Crippen MR) is 68.5 cm³/mol. The van der Waals surface area contributed by atoms with E-state index in [0.29, 0.717) is 6.54 Å². The zero-order chi connectivity index (χ0) is 12.7. The maximum Gasteiger partial charge on any atom is 0.237 e. The van der Waals surface area contributed by atoms with Crippen LogP contribution in [0.1, 0.15) is 27.7 Å². The Bertz CT molecular complexity index is 196. The van der Waals surface area contributed by atoms with Gasteiger partial charge < -0.3 is 10.2 Å². The van der Waals surface area contributed by atoms with Crippen LogP contribution in [0.3, 0.4) is 0 Å². The molecule has 0 heterocycles. The van der Waals surface area contributed by atoms with E-state index < -0.39 is 0 Å². The molecule has 16 heavy (non-hydrogen) atoms. The molecule has 0 unspecified atom stereocenters. The summed E-state index contributed by atoms with van der Waals surface area (Å²) in [6, 6.07) is 0.537. The highest BCUT2D eigenvalue weighted by molar-refractivity contribution is 5.78. The van der Waals surface area contributed by atoms with E-state index >= 15 is 0 Å². The third kappa shape index (κ3) is 5.47. The number of likely N-dealkylation sites (N-methyl/N-ethyl adjacent to an activating group) is 2. The number of amides is 1. The second-order valence-corrected chi connectivity index (χ2v) is 4.83. The molecular formula is C12H27N3O. The first-order chi connectivity index (χ1) is 7.40. The zero-order valence-electron chi connectivity index (χ0n) is 11.6. The van der Waals surface area contributed by atoms with Crippen LogP contribution in [0.2, 0.25) is 0 Å². The van der Waals surface area contributed by atoms with Crippen LogP contribution in [-0.2, 0) is 4.79 Å². The minimum Gasteiger partial charge on any atom is -0.337 e. The maximum absolute atomic E-state index is 12.1. The molecule has 4 heteroatoms. The summed E-state index contributed by atoms with van der Waals surface area (Å²) in [6.45, 7) is 10.5. The Balaban J connectivity index is 4.20. The molecule has 0 saturated carbocycles. The summed E-state index contributed by atoms with van der Waals surface area (Å²) in [7, 11) is 3.90. The quantitative estimate of drug-likeness (QED) is 0.701. The van der Waals surface area contributed by atoms with Crippen molar-refractivity contribution in [3.63, 3.8) is 0 Å². The van der Waals surface area contributed by atoms with Crippen molar-refractivity contribution in [2.45, 2.75) is 39.8 Å². The molecule has 0 aromatic heterocycles. The molecule has 0 fully saturated rings. The fraction of sp³-hybridized carbons (Fsp3) is 0.917. The standard InChI is InChI=1S/C12H27N3O/c1-10(2)15(11(3)4)12(16)9-14(6)8-7-13-5/h10-11,13H,7-9H2,1-6H3. The molecule has 0 atom stereocenters. The fourth-order valence-corrected chi connectivity index (χ4v) is 1.87. The number of hydrogen-bond donors (Lipinski definition) is 1. The summed E-state index contributed by atoms with van der Waals surface area (Å²) in [5, 5.41) is 3.08. The molecule has 0 radical (unpaired) electrons. The summed E-state index contributed by atoms with van der Waals surface area (Å²) < 4.78 is 0. The van der Waals surface area contributed by atoms with Gasteiger partial charge in [0.1, 0.15) is 0 Å². The highest BCUT2D eigenvalue weighted by Gasteiger charge is 2.20. The van der Waals surface area contributed by atoms with Crippen molar-refractivity contribution < 1.29 is 4.79 Å². The van der Waals surface area contributed by atoms with Crippen molar-refractivity contribution in [2.24, 2.45) is 0 Å². The van der Waals surface area contributed by atoms with Crippen LogP contribution in [0, 0.1) is 0 Å². The second-order valence-electron chi connectivity index (χ2n) is 4.83. The van der Waals surface area contributed by atoms with Gasteiger partial charge in [-0.2, -0.15) is 0 Å². The van der Waals surface area contributed by atoms with Gasteiger partial charge in [0.05, 0.1) is 6.54 Å². The molecule has 1 N–H and O–H groups in total. The lowest BCUT2D eigenvalue weighted by Gasteiger charge is -2.32. The number of carbonyl (C=O) groups is 1. The van der Waals surface area contributed by atoms with Gasteiger partial charge in [-0.15, -0.1) is 0 Å². The molecule has 0 aliphatic rings. The zero-order valence-corrected chi connectivity index (χ0v) is 11.6. The molecule has 0 rings (SSSR count). The summed E-state index contributed by atoms with van der Waals surface area (Å²) in [4.78, 5) is 16.1. The van der Waals surface area contributed by atoms with Crippen molar-refractivity contribution >= 4 is 5.91 Å². The Morgan fingerprint density at radius 2 is 1.69 bits per heavy atom. The van der Waals surface area contributed by atoms with E-state index in [1.807, 2.05) is 19.0 Å². The van der Waals surface area contributed by atoms with E-state index in [-0.39, 0.29) is 18.0 Å². The Labute approximate surface area is 100.0 Å². The van der Waals surface area contributed by atoms with Gasteiger partial charge in [-0.25, -0.2) is 0 Å². The highest BCUT2D eigenvalue weighted by Crippen LogP contribution is 2.05. The highest BCUT2D eigenvalue weighted by atomic mass is 16.2. The van der Waals surface area contributed by atoms with Crippen molar-refractivity contribution in [3.05, 3.63) is 0 Å². The van der Waals surface area contributed by atoms with Crippen LogP contribution in [0.5, 0.6) is 0 Å². The van der Waals surface area contributed by atoms with Crippen LogP contribution in [-0.4, -0.2) is 61.5 Å². The molecule has 0 aliphatic heterocycles. The first-order valence-corrected chi connectivity index (χ1v) is 6.04. The molecule has 96 valence electrons. The van der Waals surface area contributed by atoms with E-state index in [0.717, 1.165) is 13.1 Å². The Morgan fingerprint density at radius 3 is 2.06 bits per heavy atom. The predicted octanol–water partition coefficient (Wildman–Crippen LogP) is 0.783. The number of hydrogen-bond acceptors (Lipinski definition) is 3. The largest absolute Gasteiger partial charge is 0.337 e. The van der Waals surface area contributed by atoms with E-state index in [1.165, 1.54) is 0 Å². The average molecular weight is 229 g/mol. The van der Waals surface area contributed by atoms with Gasteiger partial charge in [0.2, 0.25) is 5.91 Å². The average Bonchev–Trinajstić information content (AvgIpc) is 2.13. The minimum atomic E-state index is 0.212. The van der Waals surface area contributed by atoms with Crippen molar-refractivity contribution in [3.8, 4) is 0 Å². The van der Waals surface area contributed by atoms with Crippen molar-refractivity contribution in [1.29, 1.82) is 0 Å².